The van der Waals surface area contributed by atoms with Crippen molar-refractivity contribution in [2.75, 3.05) is 44.2 Å². The minimum Gasteiger partial charge on any atom is -0.357 e. The highest BCUT2D eigenvalue weighted by atomic mass is 127. The Morgan fingerprint density at radius 2 is 2.08 bits per heavy atom. The Hall–Kier alpha value is 0.260. The molecule has 0 aromatic carbocycles. The SMILES string of the molecule is CCNC(=NCCS(=O)(=O)NCC1CCC1)N1CCSC(C(C)C)C1.I. The molecule has 2 N–H and O–H groups in total. The van der Waals surface area contributed by atoms with Gasteiger partial charge in [-0.1, -0.05) is 20.3 Å². The molecule has 0 aromatic heterocycles. The highest BCUT2D eigenvalue weighted by Crippen LogP contribution is 2.25. The lowest BCUT2D eigenvalue weighted by Gasteiger charge is -2.36. The van der Waals surface area contributed by atoms with Crippen molar-refractivity contribution in [1.29, 1.82) is 0 Å². The Bertz CT molecular complexity index is 539. The lowest BCUT2D eigenvalue weighted by atomic mass is 9.86. The van der Waals surface area contributed by atoms with Crippen LogP contribution < -0.4 is 10.0 Å². The highest BCUT2D eigenvalue weighted by molar-refractivity contribution is 14.0. The number of aliphatic imine (C=N–C) groups is 1. The minimum absolute atomic E-state index is 0. The molecule has 1 aliphatic heterocycles. The first-order chi connectivity index (χ1) is 11.9. The maximum atomic E-state index is 12.1. The molecular weight excluding hydrogens is 483 g/mol. The van der Waals surface area contributed by atoms with Crippen molar-refractivity contribution in [2.45, 2.75) is 45.3 Å². The fourth-order valence-electron chi connectivity index (χ4n) is 2.98. The number of hydrogen-bond donors (Lipinski definition) is 2. The Balaban J connectivity index is 0.00000338. The molecule has 0 radical (unpaired) electrons. The van der Waals surface area contributed by atoms with Crippen LogP contribution in [0.1, 0.15) is 40.0 Å². The molecule has 0 amide bonds. The molecule has 1 atom stereocenters. The number of nitrogens with zero attached hydrogens (tertiary/aromatic N) is 2. The van der Waals surface area contributed by atoms with Crippen molar-refractivity contribution in [3.63, 3.8) is 0 Å². The molecule has 1 unspecified atom stereocenters. The average Bonchev–Trinajstić information content (AvgIpc) is 2.52. The number of nitrogens with one attached hydrogen (secondary N) is 2. The van der Waals surface area contributed by atoms with E-state index in [2.05, 4.69) is 33.8 Å². The number of halogens is 1. The maximum absolute atomic E-state index is 12.1. The quantitative estimate of drug-likeness (QED) is 0.293. The van der Waals surface area contributed by atoms with E-state index >= 15 is 0 Å². The van der Waals surface area contributed by atoms with E-state index in [1.807, 2.05) is 18.7 Å². The van der Waals surface area contributed by atoms with Crippen LogP contribution in [0, 0.1) is 11.8 Å². The van der Waals surface area contributed by atoms with E-state index in [0.717, 1.165) is 44.2 Å². The molecule has 0 bridgehead atoms. The predicted molar refractivity (Wildman–Crippen MR) is 123 cm³/mol. The van der Waals surface area contributed by atoms with Crippen LogP contribution in [0.25, 0.3) is 0 Å². The van der Waals surface area contributed by atoms with E-state index in [1.165, 1.54) is 6.42 Å². The summed E-state index contributed by atoms with van der Waals surface area (Å²) in [5, 5.41) is 3.92. The van der Waals surface area contributed by atoms with Gasteiger partial charge in [-0.2, -0.15) is 11.8 Å². The van der Waals surface area contributed by atoms with Crippen LogP contribution in [0.3, 0.4) is 0 Å². The molecule has 2 rings (SSSR count). The summed E-state index contributed by atoms with van der Waals surface area (Å²) in [7, 11) is -3.23. The number of guanidine groups is 1. The molecule has 1 aliphatic carbocycles. The Morgan fingerprint density at radius 3 is 2.65 bits per heavy atom. The second-order valence-corrected chi connectivity index (χ2v) is 10.6. The summed E-state index contributed by atoms with van der Waals surface area (Å²) in [5.41, 5.74) is 0. The highest BCUT2D eigenvalue weighted by Gasteiger charge is 2.25. The third kappa shape index (κ3) is 8.10. The van der Waals surface area contributed by atoms with Crippen molar-refractivity contribution in [3.8, 4) is 0 Å². The van der Waals surface area contributed by atoms with Crippen molar-refractivity contribution in [3.05, 3.63) is 0 Å². The maximum Gasteiger partial charge on any atom is 0.213 e. The van der Waals surface area contributed by atoms with E-state index in [1.54, 1.807) is 0 Å². The molecule has 6 nitrogen and oxygen atoms in total. The number of sulfonamides is 1. The van der Waals surface area contributed by atoms with Crippen molar-refractivity contribution >= 4 is 51.7 Å². The molecule has 1 saturated carbocycles. The first-order valence-electron chi connectivity index (χ1n) is 9.53. The fraction of sp³-hybridized carbons (Fsp3) is 0.941. The van der Waals surface area contributed by atoms with Gasteiger partial charge < -0.3 is 10.2 Å². The smallest absolute Gasteiger partial charge is 0.213 e. The van der Waals surface area contributed by atoms with Gasteiger partial charge >= 0.3 is 0 Å². The molecular formula is C17H35IN4O2S2. The van der Waals surface area contributed by atoms with Gasteiger partial charge in [0.1, 0.15) is 0 Å². The lowest BCUT2D eigenvalue weighted by molar-refractivity contribution is 0.316. The summed E-state index contributed by atoms with van der Waals surface area (Å²) in [4.78, 5) is 6.86. The van der Waals surface area contributed by atoms with Gasteiger partial charge in [-0.25, -0.2) is 13.1 Å². The summed E-state index contributed by atoms with van der Waals surface area (Å²) in [6, 6.07) is 0. The van der Waals surface area contributed by atoms with Crippen LogP contribution in [-0.2, 0) is 10.0 Å². The van der Waals surface area contributed by atoms with Crippen molar-refractivity contribution < 1.29 is 8.42 Å². The Labute approximate surface area is 180 Å². The van der Waals surface area contributed by atoms with Crippen LogP contribution in [-0.4, -0.2) is 68.8 Å². The second kappa shape index (κ2) is 12.0. The van der Waals surface area contributed by atoms with Gasteiger partial charge in [0.15, 0.2) is 5.96 Å². The zero-order valence-electron chi connectivity index (χ0n) is 16.2. The molecule has 0 aromatic rings. The zero-order chi connectivity index (χ0) is 18.3. The summed E-state index contributed by atoms with van der Waals surface area (Å²) in [5.74, 6) is 3.17. The molecule has 26 heavy (non-hydrogen) atoms. The van der Waals surface area contributed by atoms with E-state index in [-0.39, 0.29) is 29.7 Å². The first kappa shape index (κ1) is 24.3. The lowest BCUT2D eigenvalue weighted by Crippen LogP contribution is -2.49. The van der Waals surface area contributed by atoms with E-state index < -0.39 is 10.0 Å². The molecule has 154 valence electrons. The van der Waals surface area contributed by atoms with Gasteiger partial charge in [-0.15, -0.1) is 24.0 Å². The average molecular weight is 519 g/mol. The Kier molecular flexibility index (Phi) is 11.2. The summed E-state index contributed by atoms with van der Waals surface area (Å²) >= 11 is 2.03. The molecule has 2 aliphatic rings. The predicted octanol–water partition coefficient (Wildman–Crippen LogP) is 2.36. The van der Waals surface area contributed by atoms with Crippen LogP contribution in [0.2, 0.25) is 0 Å². The third-order valence-corrected chi connectivity index (χ3v) is 7.78. The van der Waals surface area contributed by atoms with E-state index in [4.69, 9.17) is 0 Å². The standard InChI is InChI=1S/C17H34N4O2S2.HI/c1-4-18-17(21-9-10-24-16(13-21)14(2)3)19-8-11-25(22,23)20-12-15-6-5-7-15;/h14-16,20H,4-13H2,1-3H3,(H,18,19);1H. The summed E-state index contributed by atoms with van der Waals surface area (Å²) < 4.78 is 27.0. The van der Waals surface area contributed by atoms with Gasteiger partial charge in [-0.3, -0.25) is 4.99 Å². The fourth-order valence-corrected chi connectivity index (χ4v) is 5.25. The number of thioether (sulfide) groups is 1. The van der Waals surface area contributed by atoms with Crippen molar-refractivity contribution in [2.24, 2.45) is 16.8 Å². The molecule has 1 saturated heterocycles. The second-order valence-electron chi connectivity index (χ2n) is 7.30. The zero-order valence-corrected chi connectivity index (χ0v) is 20.2. The molecule has 9 heteroatoms. The monoisotopic (exact) mass is 518 g/mol. The van der Waals surface area contributed by atoms with Gasteiger partial charge in [0, 0.05) is 37.2 Å². The molecule has 0 spiro atoms. The summed E-state index contributed by atoms with van der Waals surface area (Å²) in [6.07, 6.45) is 3.53. The van der Waals surface area contributed by atoms with E-state index in [9.17, 15) is 8.42 Å². The number of rotatable bonds is 8. The number of hydrogen-bond acceptors (Lipinski definition) is 4. The van der Waals surface area contributed by atoms with Gasteiger partial charge in [0.25, 0.3) is 0 Å². The molecule has 1 heterocycles. The van der Waals surface area contributed by atoms with E-state index in [0.29, 0.717) is 30.2 Å². The Morgan fingerprint density at radius 1 is 1.35 bits per heavy atom. The topological polar surface area (TPSA) is 73.8 Å². The van der Waals surface area contributed by atoms with Crippen LogP contribution in [0.4, 0.5) is 0 Å². The summed E-state index contributed by atoms with van der Waals surface area (Å²) in [6.45, 7) is 10.2. The van der Waals surface area contributed by atoms with Gasteiger partial charge in [0.05, 0.1) is 12.3 Å². The first-order valence-corrected chi connectivity index (χ1v) is 12.2. The van der Waals surface area contributed by atoms with Crippen LogP contribution in [0.5, 0.6) is 0 Å². The van der Waals surface area contributed by atoms with Crippen LogP contribution >= 0.6 is 35.7 Å². The van der Waals surface area contributed by atoms with Gasteiger partial charge in [0.2, 0.25) is 10.0 Å². The molecule has 2 fully saturated rings. The van der Waals surface area contributed by atoms with Crippen LogP contribution in [0.15, 0.2) is 4.99 Å². The third-order valence-electron chi connectivity index (χ3n) is 4.91. The van der Waals surface area contributed by atoms with Gasteiger partial charge in [-0.05, 0) is 31.6 Å². The normalized spacial score (nSPS) is 22.1. The minimum atomic E-state index is -3.23. The largest absolute Gasteiger partial charge is 0.357 e. The van der Waals surface area contributed by atoms with Crippen molar-refractivity contribution in [1.82, 2.24) is 14.9 Å².